The van der Waals surface area contributed by atoms with Crippen LogP contribution in [-0.2, 0) is 0 Å². The number of hydrogen-bond donors (Lipinski definition) is 0. The van der Waals surface area contributed by atoms with Gasteiger partial charge in [0.1, 0.15) is 0 Å². The second-order valence-electron chi connectivity index (χ2n) is 1.87. The summed E-state index contributed by atoms with van der Waals surface area (Å²) in [7, 11) is 0. The zero-order chi connectivity index (χ0) is 8.43. The quantitative estimate of drug-likeness (QED) is 0.441. The lowest BCUT2D eigenvalue weighted by molar-refractivity contribution is 0.112. The lowest BCUT2D eigenvalue weighted by atomic mass is 10.2. The first-order chi connectivity index (χ1) is 5.16. The van der Waals surface area contributed by atoms with Crippen LogP contribution in [0.3, 0.4) is 0 Å². The first-order valence-corrected chi connectivity index (χ1v) is 4.59. The Labute approximate surface area is 87.8 Å². The highest BCUT2D eigenvalue weighted by molar-refractivity contribution is 14.1. The van der Waals surface area contributed by atoms with Crippen molar-refractivity contribution < 1.29 is 4.79 Å². The summed E-state index contributed by atoms with van der Waals surface area (Å²) in [6, 6.07) is 3.41. The zero-order valence-corrected chi connectivity index (χ0v) is 8.94. The minimum atomic E-state index is 0.327. The molecule has 58 valence electrons. The minimum absolute atomic E-state index is 0.327. The molecule has 0 unspecified atom stereocenters. The maximum absolute atomic E-state index is 10.5. The van der Waals surface area contributed by atoms with Crippen molar-refractivity contribution in [3.63, 3.8) is 0 Å². The van der Waals surface area contributed by atoms with E-state index in [1.54, 1.807) is 12.1 Å². The SMILES string of the molecule is O=Cc1c(I)ccc(Cl)c1Cl. The average Bonchev–Trinajstić information content (AvgIpc) is 1.99. The van der Waals surface area contributed by atoms with E-state index < -0.39 is 0 Å². The molecule has 0 aromatic heterocycles. The van der Waals surface area contributed by atoms with Crippen molar-refractivity contribution in [2.24, 2.45) is 0 Å². The molecule has 4 heteroatoms. The van der Waals surface area contributed by atoms with Gasteiger partial charge in [0.25, 0.3) is 0 Å². The largest absolute Gasteiger partial charge is 0.298 e. The van der Waals surface area contributed by atoms with E-state index in [9.17, 15) is 4.79 Å². The Balaban J connectivity index is 3.40. The van der Waals surface area contributed by atoms with Gasteiger partial charge in [0, 0.05) is 9.13 Å². The Morgan fingerprint density at radius 3 is 2.45 bits per heavy atom. The number of rotatable bonds is 1. The Bertz CT molecular complexity index is 299. The lowest BCUT2D eigenvalue weighted by Gasteiger charge is -2.00. The van der Waals surface area contributed by atoms with Gasteiger partial charge in [-0.05, 0) is 34.7 Å². The Morgan fingerprint density at radius 1 is 1.36 bits per heavy atom. The number of hydrogen-bond acceptors (Lipinski definition) is 1. The summed E-state index contributed by atoms with van der Waals surface area (Å²) in [5, 5.41) is 0.739. The summed E-state index contributed by atoms with van der Waals surface area (Å²) >= 11 is 13.4. The second kappa shape index (κ2) is 3.74. The van der Waals surface area contributed by atoms with Crippen LogP contribution in [0.1, 0.15) is 10.4 Å². The number of carbonyl (C=O) groups excluding carboxylic acids is 1. The molecule has 11 heavy (non-hydrogen) atoms. The van der Waals surface area contributed by atoms with Crippen molar-refractivity contribution in [1.29, 1.82) is 0 Å². The third-order valence-electron chi connectivity index (χ3n) is 1.20. The molecule has 0 spiro atoms. The molecule has 0 amide bonds. The standard InChI is InChI=1S/C7H3Cl2IO/c8-5-1-2-6(10)4(3-11)7(5)9/h1-3H. The Hall–Kier alpha value is 0.200. The fourth-order valence-corrected chi connectivity index (χ4v) is 1.76. The van der Waals surface area contributed by atoms with E-state index in [4.69, 9.17) is 23.2 Å². The van der Waals surface area contributed by atoms with Gasteiger partial charge in [0.15, 0.2) is 6.29 Å². The molecule has 0 atom stereocenters. The monoisotopic (exact) mass is 300 g/mol. The van der Waals surface area contributed by atoms with Crippen molar-refractivity contribution in [2.75, 3.05) is 0 Å². The molecule has 0 aliphatic rings. The van der Waals surface area contributed by atoms with Gasteiger partial charge in [0.05, 0.1) is 10.0 Å². The van der Waals surface area contributed by atoms with E-state index in [2.05, 4.69) is 0 Å². The highest BCUT2D eigenvalue weighted by Crippen LogP contribution is 2.27. The van der Waals surface area contributed by atoms with Gasteiger partial charge < -0.3 is 0 Å². The van der Waals surface area contributed by atoms with Crippen molar-refractivity contribution in [3.8, 4) is 0 Å². The van der Waals surface area contributed by atoms with Gasteiger partial charge >= 0.3 is 0 Å². The van der Waals surface area contributed by atoms with Crippen LogP contribution in [0, 0.1) is 3.57 Å². The van der Waals surface area contributed by atoms with Gasteiger partial charge in [-0.15, -0.1) is 0 Å². The molecule has 1 aromatic carbocycles. The molecular formula is C7H3Cl2IO. The molecular weight excluding hydrogens is 298 g/mol. The summed E-state index contributed by atoms with van der Waals surface area (Å²) < 4.78 is 0.812. The molecule has 0 saturated carbocycles. The molecule has 0 heterocycles. The van der Waals surface area contributed by atoms with Crippen molar-refractivity contribution >= 4 is 52.1 Å². The smallest absolute Gasteiger partial charge is 0.152 e. The van der Waals surface area contributed by atoms with E-state index in [1.807, 2.05) is 22.6 Å². The molecule has 0 radical (unpaired) electrons. The van der Waals surface area contributed by atoms with Gasteiger partial charge in [-0.3, -0.25) is 4.79 Å². The van der Waals surface area contributed by atoms with Gasteiger partial charge in [-0.2, -0.15) is 0 Å². The van der Waals surface area contributed by atoms with Crippen LogP contribution in [0.5, 0.6) is 0 Å². The Morgan fingerprint density at radius 2 is 2.00 bits per heavy atom. The number of carbonyl (C=O) groups is 1. The van der Waals surface area contributed by atoms with Gasteiger partial charge in [0.2, 0.25) is 0 Å². The van der Waals surface area contributed by atoms with Crippen LogP contribution < -0.4 is 0 Å². The predicted octanol–water partition coefficient (Wildman–Crippen LogP) is 3.41. The van der Waals surface area contributed by atoms with Crippen LogP contribution >= 0.6 is 45.8 Å². The first kappa shape index (κ1) is 9.29. The highest BCUT2D eigenvalue weighted by atomic mass is 127. The van der Waals surface area contributed by atoms with Crippen LogP contribution in [0.2, 0.25) is 10.0 Å². The lowest BCUT2D eigenvalue weighted by Crippen LogP contribution is -1.87. The third kappa shape index (κ3) is 1.86. The number of aldehydes is 1. The summed E-state index contributed by atoms with van der Waals surface area (Å²) in [4.78, 5) is 10.5. The zero-order valence-electron chi connectivity index (χ0n) is 5.27. The molecule has 1 aromatic rings. The van der Waals surface area contributed by atoms with E-state index in [1.165, 1.54) is 0 Å². The van der Waals surface area contributed by atoms with Gasteiger partial charge in [-0.1, -0.05) is 23.2 Å². The van der Waals surface area contributed by atoms with Gasteiger partial charge in [-0.25, -0.2) is 0 Å². The molecule has 0 bridgehead atoms. The second-order valence-corrected chi connectivity index (χ2v) is 3.82. The molecule has 0 fully saturated rings. The predicted molar refractivity (Wildman–Crippen MR) is 54.6 cm³/mol. The third-order valence-corrected chi connectivity index (χ3v) is 2.96. The van der Waals surface area contributed by atoms with E-state index in [0.29, 0.717) is 21.9 Å². The van der Waals surface area contributed by atoms with Crippen molar-refractivity contribution in [1.82, 2.24) is 0 Å². The Kier molecular flexibility index (Phi) is 3.16. The highest BCUT2D eigenvalue weighted by Gasteiger charge is 2.06. The van der Waals surface area contributed by atoms with Crippen LogP contribution in [0.4, 0.5) is 0 Å². The van der Waals surface area contributed by atoms with Crippen LogP contribution in [-0.4, -0.2) is 6.29 Å². The molecule has 0 N–H and O–H groups in total. The molecule has 1 rings (SSSR count). The van der Waals surface area contributed by atoms with Crippen LogP contribution in [0.25, 0.3) is 0 Å². The van der Waals surface area contributed by atoms with E-state index >= 15 is 0 Å². The molecule has 0 aliphatic carbocycles. The van der Waals surface area contributed by atoms with Crippen molar-refractivity contribution in [3.05, 3.63) is 31.3 Å². The number of benzene rings is 1. The first-order valence-electron chi connectivity index (χ1n) is 2.75. The maximum Gasteiger partial charge on any atom is 0.152 e. The summed E-state index contributed by atoms with van der Waals surface area (Å²) in [6.45, 7) is 0. The fourth-order valence-electron chi connectivity index (χ4n) is 0.651. The van der Waals surface area contributed by atoms with E-state index in [0.717, 1.165) is 3.57 Å². The minimum Gasteiger partial charge on any atom is -0.298 e. The maximum atomic E-state index is 10.5. The molecule has 1 nitrogen and oxygen atoms in total. The van der Waals surface area contributed by atoms with Crippen molar-refractivity contribution in [2.45, 2.75) is 0 Å². The summed E-state index contributed by atoms with van der Waals surface area (Å²) in [5.41, 5.74) is 0.458. The van der Waals surface area contributed by atoms with E-state index in [-0.39, 0.29) is 0 Å². The van der Waals surface area contributed by atoms with Crippen LogP contribution in [0.15, 0.2) is 12.1 Å². The molecule has 0 aliphatic heterocycles. The summed E-state index contributed by atoms with van der Waals surface area (Å²) in [6.07, 6.45) is 0.704. The molecule has 0 saturated heterocycles. The summed E-state index contributed by atoms with van der Waals surface area (Å²) in [5.74, 6) is 0. The topological polar surface area (TPSA) is 17.1 Å². The number of halogens is 3. The fraction of sp³-hybridized carbons (Fsp3) is 0. The normalized spacial score (nSPS) is 9.73. The average molecular weight is 301 g/mol.